The molecule has 0 fully saturated rings. The zero-order valence-electron chi connectivity index (χ0n) is 18.4. The molecule has 2 rings (SSSR count). The van der Waals surface area contributed by atoms with Gasteiger partial charge in [-0.15, -0.1) is 0 Å². The number of nitrogens with one attached hydrogen (secondary N) is 1. The fraction of sp³-hybridized carbons (Fsp3) is 0.375. The van der Waals surface area contributed by atoms with E-state index in [0.29, 0.717) is 36.0 Å². The summed E-state index contributed by atoms with van der Waals surface area (Å²) in [7, 11) is 0. The summed E-state index contributed by atoms with van der Waals surface area (Å²) in [5, 5.41) is 2.66. The summed E-state index contributed by atoms with van der Waals surface area (Å²) in [4.78, 5) is 36.2. The second kappa shape index (κ2) is 11.7. The van der Waals surface area contributed by atoms with E-state index in [1.54, 1.807) is 42.5 Å². The zero-order valence-corrected chi connectivity index (χ0v) is 18.4. The maximum atomic E-state index is 12.5. The van der Waals surface area contributed by atoms with Gasteiger partial charge in [-0.05, 0) is 69.7 Å². The number of hydrogen-bond donors (Lipinski definition) is 1. The lowest BCUT2D eigenvalue weighted by Crippen LogP contribution is -2.30. The van der Waals surface area contributed by atoms with Gasteiger partial charge in [0.05, 0.1) is 18.8 Å². The van der Waals surface area contributed by atoms with E-state index < -0.39 is 18.0 Å². The first-order valence-electron chi connectivity index (χ1n) is 10.4. The third-order valence-corrected chi connectivity index (χ3v) is 4.45. The number of hydrogen-bond acceptors (Lipinski definition) is 6. The molecule has 1 atom stereocenters. The predicted molar refractivity (Wildman–Crippen MR) is 118 cm³/mol. The summed E-state index contributed by atoms with van der Waals surface area (Å²) in [6.07, 6.45) is 0.908. The van der Waals surface area contributed by atoms with Gasteiger partial charge in [0, 0.05) is 11.3 Å². The molecule has 0 spiro atoms. The molecule has 0 saturated carbocycles. The summed E-state index contributed by atoms with van der Waals surface area (Å²) in [6.45, 7) is 7.86. The molecule has 1 N–H and O–H groups in total. The number of benzene rings is 2. The Morgan fingerprint density at radius 1 is 0.935 bits per heavy atom. The normalized spacial score (nSPS) is 11.4. The van der Waals surface area contributed by atoms with E-state index in [-0.39, 0.29) is 11.3 Å². The van der Waals surface area contributed by atoms with E-state index >= 15 is 0 Å². The topological polar surface area (TPSA) is 90.9 Å². The fourth-order valence-electron chi connectivity index (χ4n) is 2.66. The Labute approximate surface area is 182 Å². The Kier molecular flexibility index (Phi) is 9.06. The molecule has 0 aliphatic heterocycles. The lowest BCUT2D eigenvalue weighted by Gasteiger charge is -2.15. The Hall–Kier alpha value is -3.35. The summed E-state index contributed by atoms with van der Waals surface area (Å²) in [5.41, 5.74) is 1.31. The highest BCUT2D eigenvalue weighted by molar-refractivity contribution is 5.98. The summed E-state index contributed by atoms with van der Waals surface area (Å²) < 4.78 is 16.6. The Balaban J connectivity index is 2.01. The van der Waals surface area contributed by atoms with Crippen LogP contribution in [0.4, 0.5) is 5.69 Å². The van der Waals surface area contributed by atoms with E-state index in [0.717, 1.165) is 12.8 Å². The molecule has 0 heterocycles. The number of amides is 1. The molecule has 0 radical (unpaired) electrons. The molecule has 0 aliphatic rings. The number of unbranched alkanes of at least 4 members (excludes halogenated alkanes) is 1. The van der Waals surface area contributed by atoms with Crippen molar-refractivity contribution in [3.63, 3.8) is 0 Å². The lowest BCUT2D eigenvalue weighted by molar-refractivity contribution is -0.123. The SMILES string of the molecule is CCCCOc1ccc(C(=O)OC(C)C(=O)Nc2ccc(C(C)=O)cc2)cc1OCC. The number of Topliss-reactive ketones (excluding diaryl/α,β-unsaturated/α-hetero) is 1. The number of ketones is 1. The molecule has 1 amide bonds. The first-order valence-corrected chi connectivity index (χ1v) is 10.4. The molecule has 0 aliphatic carbocycles. The second-order valence-corrected chi connectivity index (χ2v) is 6.97. The molecule has 31 heavy (non-hydrogen) atoms. The number of rotatable bonds is 11. The highest BCUT2D eigenvalue weighted by Crippen LogP contribution is 2.29. The predicted octanol–water partition coefficient (Wildman–Crippen LogP) is 4.65. The molecule has 2 aromatic rings. The largest absolute Gasteiger partial charge is 0.490 e. The number of carbonyl (C=O) groups is 3. The van der Waals surface area contributed by atoms with Crippen LogP contribution in [0.15, 0.2) is 42.5 Å². The van der Waals surface area contributed by atoms with Gasteiger partial charge >= 0.3 is 5.97 Å². The van der Waals surface area contributed by atoms with Crippen molar-refractivity contribution in [2.24, 2.45) is 0 Å². The average Bonchev–Trinajstić information content (AvgIpc) is 2.75. The van der Waals surface area contributed by atoms with Gasteiger partial charge in [-0.25, -0.2) is 4.79 Å². The quantitative estimate of drug-likeness (QED) is 0.319. The van der Waals surface area contributed by atoms with E-state index in [9.17, 15) is 14.4 Å². The minimum Gasteiger partial charge on any atom is -0.490 e. The van der Waals surface area contributed by atoms with Gasteiger partial charge < -0.3 is 19.5 Å². The minimum atomic E-state index is -1.02. The third kappa shape index (κ3) is 7.13. The molecule has 0 aromatic heterocycles. The number of carbonyl (C=O) groups excluding carboxylic acids is 3. The van der Waals surface area contributed by atoms with Crippen molar-refractivity contribution in [1.82, 2.24) is 0 Å². The van der Waals surface area contributed by atoms with Crippen molar-refractivity contribution in [3.05, 3.63) is 53.6 Å². The second-order valence-electron chi connectivity index (χ2n) is 6.97. The third-order valence-electron chi connectivity index (χ3n) is 4.45. The van der Waals surface area contributed by atoms with Crippen molar-refractivity contribution in [2.75, 3.05) is 18.5 Å². The van der Waals surface area contributed by atoms with Gasteiger partial charge in [0.25, 0.3) is 5.91 Å². The minimum absolute atomic E-state index is 0.0617. The van der Waals surface area contributed by atoms with Crippen LogP contribution in [0.25, 0.3) is 0 Å². The number of esters is 1. The van der Waals surface area contributed by atoms with Crippen LogP contribution < -0.4 is 14.8 Å². The van der Waals surface area contributed by atoms with Crippen molar-refractivity contribution in [2.45, 2.75) is 46.6 Å². The van der Waals surface area contributed by atoms with Crippen LogP contribution in [-0.4, -0.2) is 37.0 Å². The van der Waals surface area contributed by atoms with Crippen molar-refractivity contribution < 1.29 is 28.6 Å². The highest BCUT2D eigenvalue weighted by atomic mass is 16.5. The Bertz CT molecular complexity index is 907. The maximum Gasteiger partial charge on any atom is 0.339 e. The summed E-state index contributed by atoms with van der Waals surface area (Å²) >= 11 is 0. The van der Waals surface area contributed by atoms with Crippen molar-refractivity contribution in [1.29, 1.82) is 0 Å². The lowest BCUT2D eigenvalue weighted by atomic mass is 10.1. The van der Waals surface area contributed by atoms with E-state index in [2.05, 4.69) is 12.2 Å². The molecule has 2 aromatic carbocycles. The molecular formula is C24H29NO6. The van der Waals surface area contributed by atoms with Crippen LogP contribution in [-0.2, 0) is 9.53 Å². The Morgan fingerprint density at radius 3 is 2.23 bits per heavy atom. The average molecular weight is 427 g/mol. The van der Waals surface area contributed by atoms with Gasteiger partial charge in [0.15, 0.2) is 23.4 Å². The zero-order chi connectivity index (χ0) is 22.8. The van der Waals surface area contributed by atoms with E-state index in [1.807, 2.05) is 6.92 Å². The monoisotopic (exact) mass is 427 g/mol. The van der Waals surface area contributed by atoms with Crippen LogP contribution in [0.2, 0.25) is 0 Å². The van der Waals surface area contributed by atoms with Crippen molar-refractivity contribution >= 4 is 23.3 Å². The molecule has 7 heteroatoms. The van der Waals surface area contributed by atoms with Crippen LogP contribution in [0.1, 0.15) is 61.3 Å². The van der Waals surface area contributed by atoms with Crippen LogP contribution in [0.3, 0.4) is 0 Å². The smallest absolute Gasteiger partial charge is 0.339 e. The first kappa shape index (κ1) is 23.9. The van der Waals surface area contributed by atoms with Crippen molar-refractivity contribution in [3.8, 4) is 11.5 Å². The van der Waals surface area contributed by atoms with Crippen LogP contribution in [0.5, 0.6) is 11.5 Å². The Morgan fingerprint density at radius 2 is 1.61 bits per heavy atom. The molecule has 0 saturated heterocycles. The van der Waals surface area contributed by atoms with Gasteiger partial charge in [-0.3, -0.25) is 9.59 Å². The number of ether oxygens (including phenoxy) is 3. The fourth-order valence-corrected chi connectivity index (χ4v) is 2.66. The van der Waals surface area contributed by atoms with Gasteiger partial charge in [-0.2, -0.15) is 0 Å². The highest BCUT2D eigenvalue weighted by Gasteiger charge is 2.20. The van der Waals surface area contributed by atoms with Gasteiger partial charge in [-0.1, -0.05) is 13.3 Å². The summed E-state index contributed by atoms with van der Waals surface area (Å²) in [6, 6.07) is 11.3. The molecular weight excluding hydrogens is 398 g/mol. The van der Waals surface area contributed by atoms with Gasteiger partial charge in [0.1, 0.15) is 0 Å². The van der Waals surface area contributed by atoms with Crippen LogP contribution >= 0.6 is 0 Å². The van der Waals surface area contributed by atoms with Gasteiger partial charge in [0.2, 0.25) is 0 Å². The summed E-state index contributed by atoms with van der Waals surface area (Å²) in [5.74, 6) is -0.167. The molecule has 0 bridgehead atoms. The molecule has 166 valence electrons. The van der Waals surface area contributed by atoms with Crippen LogP contribution in [0, 0.1) is 0 Å². The molecule has 1 unspecified atom stereocenters. The standard InChI is InChI=1S/C24H29NO6/c1-5-7-14-30-21-13-10-19(15-22(21)29-6-2)24(28)31-17(4)23(27)25-20-11-8-18(9-12-20)16(3)26/h8-13,15,17H,5-7,14H2,1-4H3,(H,25,27). The number of anilines is 1. The van der Waals surface area contributed by atoms with E-state index in [4.69, 9.17) is 14.2 Å². The maximum absolute atomic E-state index is 12.5. The van der Waals surface area contributed by atoms with E-state index in [1.165, 1.54) is 13.8 Å². The first-order chi connectivity index (χ1) is 14.8. The molecule has 7 nitrogen and oxygen atoms in total.